The van der Waals surface area contributed by atoms with Gasteiger partial charge in [-0.25, -0.2) is 19.1 Å². The van der Waals surface area contributed by atoms with Crippen LogP contribution in [0.1, 0.15) is 167 Å². The number of para-hydroxylation sites is 1. The van der Waals surface area contributed by atoms with Gasteiger partial charge in [0.05, 0.1) is 62.9 Å². The van der Waals surface area contributed by atoms with Gasteiger partial charge >= 0.3 is 20.0 Å². The fourth-order valence-electron chi connectivity index (χ4n) is 16.3. The fourth-order valence-corrected chi connectivity index (χ4v) is 19.1. The number of carbonyl (C=O) groups excluding carboxylic acids is 6. The number of aromatic nitrogens is 4. The minimum Gasteiger partial charge on any atom is -0.507 e. The van der Waals surface area contributed by atoms with Crippen LogP contribution in [0.2, 0.25) is 0 Å². The monoisotopic (exact) mass is 1640 g/mol. The second-order valence-corrected chi connectivity index (χ2v) is 35.9. The number of nitrogens with zero attached hydrogens (tertiary/aromatic N) is 9. The van der Waals surface area contributed by atoms with Crippen LogP contribution in [0, 0.1) is 18.8 Å². The minimum atomic E-state index is -4.29. The van der Waals surface area contributed by atoms with Gasteiger partial charge in [0.25, 0.3) is 5.88 Å². The number of anilines is 2. The summed E-state index contributed by atoms with van der Waals surface area (Å²) in [5.74, 6) is -3.26. The maximum absolute atomic E-state index is 15.3. The van der Waals surface area contributed by atoms with E-state index in [-0.39, 0.29) is 73.3 Å². The van der Waals surface area contributed by atoms with Gasteiger partial charge in [-0.05, 0) is 164 Å². The normalized spacial score (nSPS) is 19.3. The zero-order chi connectivity index (χ0) is 83.4. The standard InChI is InChI=1S/C87H108N13O15PS/c1-51(2)75(83(105)99-47-61(113-116(108,114-86(9,10)11)115-87(12,13)14)44-70(99)80(103)89-53(5)57-32-34-58(35-33-57)77-54(6)88-50-117-77)73-46-74(95-112-73)109-43-42-96-38-36-60(37-39-96)97-40-41-98-69-45-68(66-30-22-23-31-72(66)101)93-94-78(69)100(56(8)71(98)48-97)85(107)111-82(59-24-16-15-17-25-59)92-79(102)55(7)90-81(104)76(52(3)4)91-84(106)110-49-67-64-28-20-18-26-62(64)63-27-19-21-29-65(63)67/h15-35,45-46,50-53,55-56,60-61,67,70-71,75-76,82,101H,36-44,47-49H2,1-14H3,(H,89,103)(H,90,104)(H,91,106)(H,92,102)/t53-,55-,56-,61+,70-,71-,75+,76-,82?/m0/s1. The third-order valence-electron chi connectivity index (χ3n) is 22.1. The highest BCUT2D eigenvalue weighted by molar-refractivity contribution is 7.48. The first kappa shape index (κ1) is 84.8. The van der Waals surface area contributed by atoms with Gasteiger partial charge in [0.2, 0.25) is 29.9 Å². The number of phenols is 1. The lowest BCUT2D eigenvalue weighted by Crippen LogP contribution is -2.66. The van der Waals surface area contributed by atoms with Gasteiger partial charge in [0.15, 0.2) is 11.6 Å². The van der Waals surface area contributed by atoms with Gasteiger partial charge in [-0.15, -0.1) is 21.5 Å². The van der Waals surface area contributed by atoms with E-state index in [1.165, 1.54) is 16.7 Å². The molecule has 4 aliphatic heterocycles. The number of fused-ring (bicyclic) bond motifs is 6. The van der Waals surface area contributed by atoms with Crippen LogP contribution < -0.4 is 35.8 Å². The molecule has 5 N–H and O–H groups in total. The predicted molar refractivity (Wildman–Crippen MR) is 444 cm³/mol. The molecule has 30 heteroatoms. The molecule has 3 saturated heterocycles. The van der Waals surface area contributed by atoms with Crippen LogP contribution in [0.4, 0.5) is 21.1 Å². The molecule has 117 heavy (non-hydrogen) atoms. The quantitative estimate of drug-likeness (QED) is 0.0236. The Morgan fingerprint density at radius 3 is 1.99 bits per heavy atom. The van der Waals surface area contributed by atoms with Crippen LogP contribution >= 0.6 is 19.2 Å². The Kier molecular flexibility index (Phi) is 26.1. The number of rotatable bonds is 27. The van der Waals surface area contributed by atoms with Gasteiger partial charge < -0.3 is 54.9 Å². The Hall–Kier alpha value is -10.1. The molecule has 1 aliphatic carbocycles. The number of piperidine rings is 1. The summed E-state index contributed by atoms with van der Waals surface area (Å²) in [4.78, 5) is 103. The number of ether oxygens (including phenoxy) is 3. The van der Waals surface area contributed by atoms with E-state index in [1.54, 1.807) is 127 Å². The van der Waals surface area contributed by atoms with Crippen LogP contribution in [0.5, 0.6) is 11.6 Å². The number of phosphoric ester groups is 1. The Morgan fingerprint density at radius 2 is 1.36 bits per heavy atom. The number of likely N-dealkylation sites (tertiary alicyclic amines) is 2. The Morgan fingerprint density at radius 1 is 0.709 bits per heavy atom. The Bertz CT molecular complexity index is 4840. The molecule has 0 bridgehead atoms. The van der Waals surface area contributed by atoms with Crippen LogP contribution in [0.15, 0.2) is 150 Å². The molecule has 7 heterocycles. The van der Waals surface area contributed by atoms with Crippen molar-refractivity contribution in [3.8, 4) is 44.5 Å². The van der Waals surface area contributed by atoms with Crippen LogP contribution in [0.3, 0.4) is 0 Å². The van der Waals surface area contributed by atoms with E-state index in [2.05, 4.69) is 51.2 Å². The molecule has 5 aromatic carbocycles. The summed E-state index contributed by atoms with van der Waals surface area (Å²) in [6.45, 7) is 29.3. The van der Waals surface area contributed by atoms with Crippen molar-refractivity contribution in [3.63, 3.8) is 0 Å². The van der Waals surface area contributed by atoms with Crippen molar-refractivity contribution >= 4 is 66.5 Å². The smallest absolute Gasteiger partial charge is 0.476 e. The molecule has 13 rings (SSSR count). The lowest BCUT2D eigenvalue weighted by atomic mass is 9.91. The van der Waals surface area contributed by atoms with Gasteiger partial charge in [-0.1, -0.05) is 143 Å². The number of benzene rings is 5. The van der Waals surface area contributed by atoms with E-state index >= 15 is 9.59 Å². The summed E-state index contributed by atoms with van der Waals surface area (Å²) in [5, 5.41) is 36.1. The average molecular weight is 1640 g/mol. The molecule has 8 aromatic rings. The number of nitrogens with one attached hydrogen (secondary N) is 4. The summed E-state index contributed by atoms with van der Waals surface area (Å²) >= 11 is 1.56. The van der Waals surface area contributed by atoms with Crippen LogP contribution in [-0.4, -0.2) is 189 Å². The first-order valence-corrected chi connectivity index (χ1v) is 42.7. The van der Waals surface area contributed by atoms with E-state index in [9.17, 15) is 28.8 Å². The summed E-state index contributed by atoms with van der Waals surface area (Å²) in [6, 6.07) is 38.6. The number of carbonyl (C=O) groups is 6. The van der Waals surface area contributed by atoms with E-state index in [0.29, 0.717) is 48.7 Å². The number of amides is 6. The molecule has 0 spiro atoms. The molecule has 0 radical (unpaired) electrons. The van der Waals surface area contributed by atoms with Gasteiger partial charge in [0.1, 0.15) is 43.0 Å². The highest BCUT2D eigenvalue weighted by Crippen LogP contribution is 2.57. The Balaban J connectivity index is 0.640. The van der Waals surface area contributed by atoms with Crippen molar-refractivity contribution in [1.29, 1.82) is 0 Å². The number of hydrogen-bond acceptors (Lipinski definition) is 23. The topological polar surface area (TPSA) is 324 Å². The number of alkyl carbamates (subject to hydrolysis) is 1. The summed E-state index contributed by atoms with van der Waals surface area (Å²) in [6.07, 6.45) is -2.19. The largest absolute Gasteiger partial charge is 0.507 e. The summed E-state index contributed by atoms with van der Waals surface area (Å²) < 4.78 is 57.3. The lowest BCUT2D eigenvalue weighted by molar-refractivity contribution is -0.141. The zero-order valence-corrected chi connectivity index (χ0v) is 70.6. The highest BCUT2D eigenvalue weighted by atomic mass is 32.1. The number of hydrogen-bond donors (Lipinski definition) is 5. The minimum absolute atomic E-state index is 0.000135. The molecular weight excluding hydrogens is 1530 g/mol. The molecule has 3 aromatic heterocycles. The summed E-state index contributed by atoms with van der Waals surface area (Å²) in [7, 11) is -4.29. The van der Waals surface area contributed by atoms with E-state index < -0.39 is 109 Å². The Labute approximate surface area is 687 Å². The van der Waals surface area contributed by atoms with Crippen molar-refractivity contribution in [2.24, 2.45) is 11.8 Å². The highest BCUT2D eigenvalue weighted by Gasteiger charge is 2.50. The zero-order valence-electron chi connectivity index (χ0n) is 68.9. The third-order valence-corrected chi connectivity index (χ3v) is 25.2. The van der Waals surface area contributed by atoms with Gasteiger partial charge in [-0.3, -0.25) is 47.4 Å². The SMILES string of the molecule is Cc1ncsc1-c1ccc([C@H](C)NC(=O)[C@@H]2C[C@@H](OP(=O)(OC(C)(C)C)OC(C)(C)C)CN2C(=O)[C@@H](c2cc(OCCN3CCC(N4CCN5c6cc(-c7ccccc7O)nnc6N(C(=O)OC(NC(=O)[C@H](C)NC(=O)[C@@H](NC(=O)OCC6c7ccccc7-c7ccccc76)C(C)C)c6ccccc6)[C@@H](C)[C@@H]5C4)CC3)no2)C(C)C)cc1. The van der Waals surface area contributed by atoms with Gasteiger partial charge in [0, 0.05) is 68.3 Å². The number of aryl methyl sites for hydroxylation is 1. The molecule has 28 nitrogen and oxygen atoms in total. The molecule has 0 saturated carbocycles. The average Bonchev–Trinajstić information content (AvgIpc) is 1.56. The van der Waals surface area contributed by atoms with Gasteiger partial charge in [-0.2, -0.15) is 0 Å². The van der Waals surface area contributed by atoms with E-state index in [0.717, 1.165) is 69.9 Å². The van der Waals surface area contributed by atoms with E-state index in [4.69, 9.17) is 37.4 Å². The maximum Gasteiger partial charge on any atom is 0.476 e. The third kappa shape index (κ3) is 19.9. The number of aromatic hydroxyl groups is 1. The molecular formula is C87H108N13O15PS. The van der Waals surface area contributed by atoms with Crippen molar-refractivity contribution in [2.45, 2.75) is 194 Å². The van der Waals surface area contributed by atoms with Crippen molar-refractivity contribution < 1.29 is 70.7 Å². The second kappa shape index (κ2) is 36.0. The molecule has 622 valence electrons. The predicted octanol–water partition coefficient (Wildman–Crippen LogP) is 13.9. The second-order valence-electron chi connectivity index (χ2n) is 33.6. The maximum atomic E-state index is 15.3. The molecule has 1 unspecified atom stereocenters. The fraction of sp³-hybridized carbons (Fsp3) is 0.471. The van der Waals surface area contributed by atoms with Crippen LogP contribution in [0.25, 0.3) is 32.8 Å². The van der Waals surface area contributed by atoms with Crippen molar-refractivity contribution in [2.75, 3.05) is 68.8 Å². The molecule has 3 fully saturated rings. The number of piperazine rings is 1. The van der Waals surface area contributed by atoms with Crippen molar-refractivity contribution in [1.82, 2.24) is 56.3 Å². The summed E-state index contributed by atoms with van der Waals surface area (Å²) in [5.41, 5.74) is 8.90. The van der Waals surface area contributed by atoms with Crippen LogP contribution in [-0.2, 0) is 46.8 Å². The van der Waals surface area contributed by atoms with Crippen molar-refractivity contribution in [3.05, 3.63) is 179 Å². The first-order valence-electron chi connectivity index (χ1n) is 40.3. The van der Waals surface area contributed by atoms with E-state index in [1.807, 2.05) is 119 Å². The molecule has 6 amide bonds. The lowest BCUT2D eigenvalue weighted by Gasteiger charge is -2.53. The first-order chi connectivity index (χ1) is 55.8. The molecule has 9 atom stereocenters. The number of phenolic OH excluding ortho intramolecular Hbond substituents is 1. The number of phosphoric acid groups is 1. The number of thiazole rings is 1. The molecule has 5 aliphatic rings.